The van der Waals surface area contributed by atoms with E-state index in [0.29, 0.717) is 6.61 Å². The van der Waals surface area contributed by atoms with Crippen molar-refractivity contribution in [2.75, 3.05) is 11.0 Å². The summed E-state index contributed by atoms with van der Waals surface area (Å²) in [5, 5.41) is 8.43. The highest BCUT2D eigenvalue weighted by atomic mass is 127. The second kappa shape index (κ2) is 6.44. The van der Waals surface area contributed by atoms with Gasteiger partial charge < -0.3 is 9.84 Å². The Labute approximate surface area is 102 Å². The fourth-order valence-corrected chi connectivity index (χ4v) is 1.22. The molecule has 0 fully saturated rings. The number of carboxylic acid groups (broad SMARTS) is 1. The number of carboxylic acids is 1. The molecule has 80 valence electrons. The zero-order valence-corrected chi connectivity index (χ0v) is 10.2. The summed E-state index contributed by atoms with van der Waals surface area (Å²) in [5.41, 5.74) is 0.847. The predicted octanol–water partition coefficient (Wildman–Crippen LogP) is 2.60. The van der Waals surface area contributed by atoms with E-state index in [1.54, 1.807) is 6.08 Å². The van der Waals surface area contributed by atoms with Crippen LogP contribution in [0, 0.1) is 0 Å². The molecule has 1 rings (SSSR count). The molecule has 0 aliphatic heterocycles. The zero-order chi connectivity index (χ0) is 11.1. The largest absolute Gasteiger partial charge is 0.493 e. The molecular formula is C11H11IO3. The van der Waals surface area contributed by atoms with Crippen LogP contribution in [-0.4, -0.2) is 22.1 Å². The number of benzene rings is 1. The topological polar surface area (TPSA) is 46.5 Å². The van der Waals surface area contributed by atoms with Crippen molar-refractivity contribution in [2.45, 2.75) is 0 Å². The van der Waals surface area contributed by atoms with Crippen LogP contribution in [0.1, 0.15) is 5.56 Å². The molecule has 0 aliphatic rings. The van der Waals surface area contributed by atoms with Gasteiger partial charge >= 0.3 is 5.97 Å². The molecule has 0 radical (unpaired) electrons. The first-order valence-corrected chi connectivity index (χ1v) is 5.95. The van der Waals surface area contributed by atoms with Crippen molar-refractivity contribution in [3.63, 3.8) is 0 Å². The van der Waals surface area contributed by atoms with Crippen LogP contribution in [-0.2, 0) is 4.79 Å². The minimum atomic E-state index is -0.944. The fourth-order valence-electron chi connectivity index (χ4n) is 0.999. The highest BCUT2D eigenvalue weighted by molar-refractivity contribution is 14.1. The Hall–Kier alpha value is -1.04. The molecule has 1 aromatic carbocycles. The van der Waals surface area contributed by atoms with Gasteiger partial charge in [0.05, 0.1) is 6.61 Å². The molecule has 4 heteroatoms. The van der Waals surface area contributed by atoms with Gasteiger partial charge in [-0.25, -0.2) is 4.79 Å². The Bertz CT molecular complexity index is 343. The average Bonchev–Trinajstić information content (AvgIpc) is 2.25. The van der Waals surface area contributed by atoms with Crippen molar-refractivity contribution in [3.8, 4) is 5.75 Å². The number of ether oxygens (including phenoxy) is 1. The summed E-state index contributed by atoms with van der Waals surface area (Å²) in [6, 6.07) is 7.30. The average molecular weight is 318 g/mol. The van der Waals surface area contributed by atoms with Gasteiger partial charge in [-0.3, -0.25) is 0 Å². The van der Waals surface area contributed by atoms with Crippen LogP contribution in [0.2, 0.25) is 0 Å². The number of hydrogen-bond acceptors (Lipinski definition) is 2. The lowest BCUT2D eigenvalue weighted by Gasteiger charge is -2.03. The Morgan fingerprint density at radius 3 is 2.60 bits per heavy atom. The lowest BCUT2D eigenvalue weighted by Crippen LogP contribution is -1.97. The summed E-state index contributed by atoms with van der Waals surface area (Å²) >= 11 is 2.24. The Balaban J connectivity index is 2.60. The van der Waals surface area contributed by atoms with E-state index in [2.05, 4.69) is 22.6 Å². The van der Waals surface area contributed by atoms with Crippen molar-refractivity contribution < 1.29 is 14.6 Å². The normalized spacial score (nSPS) is 10.5. The van der Waals surface area contributed by atoms with E-state index in [-0.39, 0.29) is 0 Å². The van der Waals surface area contributed by atoms with E-state index in [1.807, 2.05) is 24.3 Å². The summed E-state index contributed by atoms with van der Waals surface area (Å²) in [6.45, 7) is 0.685. The van der Waals surface area contributed by atoms with E-state index in [4.69, 9.17) is 9.84 Å². The highest BCUT2D eigenvalue weighted by Crippen LogP contribution is 2.13. The number of rotatable bonds is 5. The van der Waals surface area contributed by atoms with Gasteiger partial charge in [-0.1, -0.05) is 34.7 Å². The molecule has 0 amide bonds. The third kappa shape index (κ3) is 4.83. The molecule has 1 N–H and O–H groups in total. The summed E-state index contributed by atoms with van der Waals surface area (Å²) in [6.07, 6.45) is 2.66. The van der Waals surface area contributed by atoms with Crippen LogP contribution in [0.15, 0.2) is 30.3 Å². The van der Waals surface area contributed by atoms with Gasteiger partial charge in [-0.15, -0.1) is 0 Å². The maximum atomic E-state index is 10.3. The molecule has 15 heavy (non-hydrogen) atoms. The first-order chi connectivity index (χ1) is 7.22. The molecule has 0 aromatic heterocycles. The summed E-state index contributed by atoms with van der Waals surface area (Å²) in [4.78, 5) is 10.3. The van der Waals surface area contributed by atoms with Gasteiger partial charge in [-0.05, 0) is 23.8 Å². The second-order valence-electron chi connectivity index (χ2n) is 2.78. The van der Waals surface area contributed by atoms with Crippen molar-refractivity contribution in [3.05, 3.63) is 35.9 Å². The standard InChI is InChI=1S/C11H11IO3/c12-7-8-15-10-4-1-9(2-5-10)3-6-11(13)14/h1-6H,7-8H2,(H,13,14). The molecule has 0 unspecified atom stereocenters. The first-order valence-electron chi connectivity index (χ1n) is 4.42. The molecule has 0 bridgehead atoms. The van der Waals surface area contributed by atoms with Crippen LogP contribution in [0.3, 0.4) is 0 Å². The molecule has 0 atom stereocenters. The van der Waals surface area contributed by atoms with E-state index in [1.165, 1.54) is 0 Å². The van der Waals surface area contributed by atoms with Crippen LogP contribution in [0.25, 0.3) is 6.08 Å². The number of aliphatic carboxylic acids is 1. The van der Waals surface area contributed by atoms with Crippen LogP contribution in [0.5, 0.6) is 5.75 Å². The predicted molar refractivity (Wildman–Crippen MR) is 67.5 cm³/mol. The van der Waals surface area contributed by atoms with Gasteiger partial charge in [0, 0.05) is 10.5 Å². The second-order valence-corrected chi connectivity index (χ2v) is 3.86. The fraction of sp³-hybridized carbons (Fsp3) is 0.182. The number of hydrogen-bond donors (Lipinski definition) is 1. The summed E-state index contributed by atoms with van der Waals surface area (Å²) < 4.78 is 6.33. The van der Waals surface area contributed by atoms with Gasteiger partial charge in [0.2, 0.25) is 0 Å². The van der Waals surface area contributed by atoms with Crippen molar-refractivity contribution in [1.82, 2.24) is 0 Å². The molecule has 0 heterocycles. The maximum absolute atomic E-state index is 10.3. The molecule has 3 nitrogen and oxygen atoms in total. The molecule has 1 aromatic rings. The minimum absolute atomic E-state index is 0.685. The lowest BCUT2D eigenvalue weighted by molar-refractivity contribution is -0.131. The van der Waals surface area contributed by atoms with Crippen molar-refractivity contribution >= 4 is 34.6 Å². The van der Waals surface area contributed by atoms with Gasteiger partial charge in [0.15, 0.2) is 0 Å². The first kappa shape index (κ1) is 12.0. The highest BCUT2D eigenvalue weighted by Gasteiger charge is 1.93. The Kier molecular flexibility index (Phi) is 5.17. The zero-order valence-electron chi connectivity index (χ0n) is 8.02. The van der Waals surface area contributed by atoms with Crippen molar-refractivity contribution in [1.29, 1.82) is 0 Å². The number of carbonyl (C=O) groups is 1. The molecule has 0 saturated carbocycles. The van der Waals surface area contributed by atoms with Crippen molar-refractivity contribution in [2.24, 2.45) is 0 Å². The monoisotopic (exact) mass is 318 g/mol. The quantitative estimate of drug-likeness (QED) is 0.516. The van der Waals surface area contributed by atoms with Gasteiger partial charge in [0.1, 0.15) is 5.75 Å². The number of alkyl halides is 1. The van der Waals surface area contributed by atoms with Gasteiger partial charge in [0.25, 0.3) is 0 Å². The summed E-state index contributed by atoms with van der Waals surface area (Å²) in [5.74, 6) is -0.139. The maximum Gasteiger partial charge on any atom is 0.328 e. The molecule has 0 spiro atoms. The molecular weight excluding hydrogens is 307 g/mol. The molecule has 0 saturated heterocycles. The Morgan fingerprint density at radius 1 is 1.40 bits per heavy atom. The summed E-state index contributed by atoms with van der Waals surface area (Å²) in [7, 11) is 0. The lowest BCUT2D eigenvalue weighted by atomic mass is 10.2. The minimum Gasteiger partial charge on any atom is -0.493 e. The van der Waals surface area contributed by atoms with E-state index in [0.717, 1.165) is 21.8 Å². The van der Waals surface area contributed by atoms with E-state index < -0.39 is 5.97 Å². The van der Waals surface area contributed by atoms with Crippen LogP contribution >= 0.6 is 22.6 Å². The van der Waals surface area contributed by atoms with E-state index in [9.17, 15) is 4.79 Å². The third-order valence-electron chi connectivity index (χ3n) is 1.64. The van der Waals surface area contributed by atoms with Crippen LogP contribution in [0.4, 0.5) is 0 Å². The SMILES string of the molecule is O=C(O)C=Cc1ccc(OCCI)cc1. The third-order valence-corrected chi connectivity index (χ3v) is 2.08. The van der Waals surface area contributed by atoms with Crippen LogP contribution < -0.4 is 4.74 Å². The number of halogens is 1. The van der Waals surface area contributed by atoms with E-state index >= 15 is 0 Å². The smallest absolute Gasteiger partial charge is 0.328 e. The Morgan fingerprint density at radius 2 is 2.07 bits per heavy atom. The van der Waals surface area contributed by atoms with Gasteiger partial charge in [-0.2, -0.15) is 0 Å². The molecule has 0 aliphatic carbocycles.